The Kier molecular flexibility index (Phi) is 26.0. The smallest absolute Gasteiger partial charge is 0.333 e. The Balaban J connectivity index is 1.79. The Bertz CT molecular complexity index is 1840. The molecule has 366 valence electrons. The van der Waals surface area contributed by atoms with Gasteiger partial charge in [-0.05, 0) is 57.6 Å². The number of Topliss-reactive ketones (excluding diaryl/α,β-unsaturated/α-hetero) is 1. The number of aliphatic carboxylic acids is 4. The summed E-state index contributed by atoms with van der Waals surface area (Å²) in [5, 5.41) is 44.1. The second-order valence-corrected chi connectivity index (χ2v) is 15.9. The second-order valence-electron chi connectivity index (χ2n) is 15.9. The van der Waals surface area contributed by atoms with Gasteiger partial charge in [-0.15, -0.1) is 5.06 Å². The van der Waals surface area contributed by atoms with Gasteiger partial charge in [0.2, 0.25) is 11.8 Å². The lowest BCUT2D eigenvalue weighted by molar-refractivity contribution is -0.197. The summed E-state index contributed by atoms with van der Waals surface area (Å²) in [4.78, 5) is 142. The monoisotopic (exact) mass is 933 g/mol. The van der Waals surface area contributed by atoms with E-state index in [1.807, 2.05) is 13.0 Å². The van der Waals surface area contributed by atoms with Gasteiger partial charge in [0.1, 0.15) is 12.3 Å². The van der Waals surface area contributed by atoms with Gasteiger partial charge in [0.05, 0.1) is 32.7 Å². The van der Waals surface area contributed by atoms with E-state index in [0.29, 0.717) is 62.1 Å². The van der Waals surface area contributed by atoms with E-state index < -0.39 is 80.3 Å². The molecule has 1 aliphatic rings. The van der Waals surface area contributed by atoms with E-state index in [-0.39, 0.29) is 95.5 Å². The molecule has 1 aromatic carbocycles. The van der Waals surface area contributed by atoms with Crippen LogP contribution in [0.5, 0.6) is 0 Å². The molecule has 1 aliphatic heterocycles. The Morgan fingerprint density at radius 1 is 0.591 bits per heavy atom. The van der Waals surface area contributed by atoms with Crippen molar-refractivity contribution in [2.24, 2.45) is 0 Å². The third-order valence-corrected chi connectivity index (χ3v) is 10.1. The van der Waals surface area contributed by atoms with E-state index >= 15 is 0 Å². The van der Waals surface area contributed by atoms with Crippen molar-refractivity contribution in [3.05, 3.63) is 35.4 Å². The van der Waals surface area contributed by atoms with E-state index in [1.165, 1.54) is 14.7 Å². The summed E-state index contributed by atoms with van der Waals surface area (Å²) in [5.41, 5.74) is 1.40. The number of carboxylic acid groups (broad SMARTS) is 4. The lowest BCUT2D eigenvalue weighted by atomic mass is 10.1. The quantitative estimate of drug-likeness (QED) is 0.0381. The van der Waals surface area contributed by atoms with Crippen LogP contribution in [0.15, 0.2) is 24.3 Å². The lowest BCUT2D eigenvalue weighted by Crippen LogP contribution is -2.48. The number of hydroxylamine groups is 2. The summed E-state index contributed by atoms with van der Waals surface area (Å²) in [6.07, 6.45) is 3.21. The van der Waals surface area contributed by atoms with Crippen molar-refractivity contribution in [2.75, 3.05) is 85.1 Å². The number of carbonyl (C=O) groups excluding carboxylic acids is 7. The van der Waals surface area contributed by atoms with Crippen LogP contribution < -0.4 is 10.6 Å². The number of unbranched alkanes of at least 4 members (excludes halogenated alkanes) is 4. The maximum Gasteiger partial charge on any atom is 0.333 e. The van der Waals surface area contributed by atoms with Crippen LogP contribution in [0.1, 0.15) is 93.0 Å². The zero-order valence-corrected chi connectivity index (χ0v) is 37.4. The Morgan fingerprint density at radius 2 is 1.12 bits per heavy atom. The second kappa shape index (κ2) is 30.7. The Morgan fingerprint density at radius 3 is 1.73 bits per heavy atom. The number of rotatable bonds is 36. The van der Waals surface area contributed by atoms with Crippen molar-refractivity contribution in [1.29, 1.82) is 0 Å². The minimum absolute atomic E-state index is 0.00763. The number of carbonyl (C=O) groups is 11. The summed E-state index contributed by atoms with van der Waals surface area (Å²) >= 11 is 0. The van der Waals surface area contributed by atoms with Crippen molar-refractivity contribution in [1.82, 2.24) is 35.3 Å². The molecule has 23 nitrogen and oxygen atoms in total. The highest BCUT2D eigenvalue weighted by Gasteiger charge is 2.32. The van der Waals surface area contributed by atoms with Crippen molar-refractivity contribution in [2.45, 2.75) is 84.0 Å². The first kappa shape index (κ1) is 55.8. The molecule has 0 unspecified atom stereocenters. The number of nitrogens with zero attached hydrogens (tertiary/aromatic N) is 5. The zero-order chi connectivity index (χ0) is 49.0. The molecule has 1 saturated heterocycles. The highest BCUT2D eigenvalue weighted by Crippen LogP contribution is 2.14. The average molecular weight is 934 g/mol. The number of amides is 5. The third-order valence-electron chi connectivity index (χ3n) is 10.1. The van der Waals surface area contributed by atoms with E-state index in [1.54, 1.807) is 18.2 Å². The van der Waals surface area contributed by atoms with Crippen molar-refractivity contribution >= 4 is 65.2 Å². The normalized spacial score (nSPS) is 12.4. The number of hydrogen-bond acceptors (Lipinski definition) is 15. The highest BCUT2D eigenvalue weighted by atomic mass is 16.7. The largest absolute Gasteiger partial charge is 0.480 e. The molecule has 0 bridgehead atoms. The van der Waals surface area contributed by atoms with Crippen molar-refractivity contribution in [3.8, 4) is 0 Å². The van der Waals surface area contributed by atoms with E-state index in [4.69, 9.17) is 4.84 Å². The van der Waals surface area contributed by atoms with Gasteiger partial charge in [0, 0.05) is 83.5 Å². The number of hydrogen-bond donors (Lipinski definition) is 6. The van der Waals surface area contributed by atoms with Gasteiger partial charge >= 0.3 is 29.8 Å². The van der Waals surface area contributed by atoms with Crippen LogP contribution in [0, 0.1) is 6.92 Å². The molecule has 0 saturated carbocycles. The summed E-state index contributed by atoms with van der Waals surface area (Å²) < 4.78 is 0. The summed E-state index contributed by atoms with van der Waals surface area (Å²) in [5.74, 6) is -8.37. The van der Waals surface area contributed by atoms with Gasteiger partial charge in [0.25, 0.3) is 17.7 Å². The number of aryl methyl sites for hydroxylation is 1. The molecular weight excluding hydrogens is 871 g/mol. The van der Waals surface area contributed by atoms with Gasteiger partial charge in [-0.3, -0.25) is 62.6 Å². The minimum atomic E-state index is -1.29. The van der Waals surface area contributed by atoms with Crippen LogP contribution in [0.3, 0.4) is 0 Å². The number of carboxylic acids is 4. The van der Waals surface area contributed by atoms with Crippen molar-refractivity contribution < 1.29 is 78.0 Å². The number of ketones is 1. The molecule has 6 N–H and O–H groups in total. The Hall–Kier alpha value is -6.33. The first-order valence-corrected chi connectivity index (χ1v) is 21.8. The van der Waals surface area contributed by atoms with Gasteiger partial charge in [-0.2, -0.15) is 0 Å². The number of imide groups is 1. The predicted octanol–water partition coefficient (Wildman–Crippen LogP) is -0.00868. The molecule has 0 atom stereocenters. The van der Waals surface area contributed by atoms with Crippen LogP contribution in [0.2, 0.25) is 0 Å². The lowest BCUT2D eigenvalue weighted by Gasteiger charge is -2.29. The van der Waals surface area contributed by atoms with E-state index in [9.17, 15) is 73.2 Å². The summed E-state index contributed by atoms with van der Waals surface area (Å²) in [6, 6.07) is 7.02. The van der Waals surface area contributed by atoms with Crippen LogP contribution in [-0.2, 0) is 52.8 Å². The van der Waals surface area contributed by atoms with E-state index in [2.05, 4.69) is 10.6 Å². The van der Waals surface area contributed by atoms with Crippen LogP contribution in [-0.4, -0.2) is 195 Å². The fourth-order valence-electron chi connectivity index (χ4n) is 6.73. The van der Waals surface area contributed by atoms with Crippen LogP contribution in [0.25, 0.3) is 0 Å². The van der Waals surface area contributed by atoms with Crippen molar-refractivity contribution in [3.63, 3.8) is 0 Å². The zero-order valence-electron chi connectivity index (χ0n) is 37.4. The molecule has 0 aromatic heterocycles. The SMILES string of the molecule is Cc1cccc(C(=O)NCCCCN(CC(=O)O)C(=O)CN(CCN(CCN(CC(=O)O)CC(=O)CCCCCNC(=O)CCCCC(=O)ON2C(=O)CCC2=O)CC(=O)O)CC(=O)O)c1. The third kappa shape index (κ3) is 24.7. The Labute approximate surface area is 382 Å². The fraction of sp³-hybridized carbons (Fsp3) is 0.605. The molecule has 1 aromatic rings. The molecule has 0 radical (unpaired) electrons. The minimum Gasteiger partial charge on any atom is -0.480 e. The molecule has 23 heteroatoms. The molecule has 5 amide bonds. The number of benzene rings is 1. The standard InChI is InChI=1S/C43H63N7O16/c1-31-10-9-11-32(24-31)43(65)45-18-7-8-19-49(30-41(62)63)37(55)26-48(29-40(60)61)23-21-46(27-38(56)57)20-22-47(28-39(58)59)25-33(51)12-3-2-6-17-44-34(52)13-4-5-14-42(64)66-50-35(53)15-16-36(50)54/h9-11,24H,2-8,12-23,25-30H2,1H3,(H,44,52)(H,45,65)(H,56,57)(H,58,59)(H,60,61)(H,62,63). The fourth-order valence-corrected chi connectivity index (χ4v) is 6.73. The number of nitrogens with one attached hydrogen (secondary N) is 2. The summed E-state index contributed by atoms with van der Waals surface area (Å²) in [6.45, 7) is -0.841. The topological polar surface area (TPSA) is 318 Å². The molecule has 2 rings (SSSR count). The molecule has 1 heterocycles. The summed E-state index contributed by atoms with van der Waals surface area (Å²) in [7, 11) is 0. The van der Waals surface area contributed by atoms with E-state index in [0.717, 1.165) is 10.5 Å². The molecule has 1 fully saturated rings. The van der Waals surface area contributed by atoms with Gasteiger partial charge in [-0.1, -0.05) is 24.1 Å². The first-order valence-electron chi connectivity index (χ1n) is 21.8. The van der Waals surface area contributed by atoms with Gasteiger partial charge in [0.15, 0.2) is 0 Å². The molecule has 0 aliphatic carbocycles. The van der Waals surface area contributed by atoms with Crippen LogP contribution >= 0.6 is 0 Å². The maximum absolute atomic E-state index is 13.3. The molecular formula is C43H63N7O16. The molecule has 66 heavy (non-hydrogen) atoms. The van der Waals surface area contributed by atoms with Crippen LogP contribution in [0.4, 0.5) is 0 Å². The first-order chi connectivity index (χ1) is 31.3. The highest BCUT2D eigenvalue weighted by molar-refractivity contribution is 6.01. The predicted molar refractivity (Wildman–Crippen MR) is 231 cm³/mol. The van der Waals surface area contributed by atoms with Gasteiger partial charge in [-0.25, -0.2) is 4.79 Å². The average Bonchev–Trinajstić information content (AvgIpc) is 3.55. The molecule has 0 spiro atoms. The van der Waals surface area contributed by atoms with Gasteiger partial charge < -0.3 is 40.8 Å². The maximum atomic E-state index is 13.3.